The van der Waals surface area contributed by atoms with E-state index in [-0.39, 0.29) is 11.6 Å². The monoisotopic (exact) mass is 273 g/mol. The number of benzene rings is 1. The van der Waals surface area contributed by atoms with Crippen LogP contribution in [0.25, 0.3) is 0 Å². The summed E-state index contributed by atoms with van der Waals surface area (Å²) in [5, 5.41) is 2.57. The minimum Gasteiger partial charge on any atom is -0.380 e. The number of carbonyl (C=O) groups excluding carboxylic acids is 1. The first-order valence-electron chi connectivity index (χ1n) is 5.83. The van der Waals surface area contributed by atoms with Gasteiger partial charge in [-0.2, -0.15) is 0 Å². The summed E-state index contributed by atoms with van der Waals surface area (Å²) in [6.45, 7) is 4.42. The van der Waals surface area contributed by atoms with E-state index in [9.17, 15) is 13.6 Å². The largest absolute Gasteiger partial charge is 0.380 e. The minimum absolute atomic E-state index is 0.114. The van der Waals surface area contributed by atoms with E-state index in [1.54, 1.807) is 6.92 Å². The van der Waals surface area contributed by atoms with Crippen molar-refractivity contribution in [1.82, 2.24) is 5.32 Å². The highest BCUT2D eigenvalue weighted by Crippen LogP contribution is 2.19. The third-order valence-corrected chi connectivity index (χ3v) is 2.40. The van der Waals surface area contributed by atoms with Crippen LogP contribution < -0.4 is 16.6 Å². The molecule has 0 bridgehead atoms. The lowest BCUT2D eigenvalue weighted by Crippen LogP contribution is -2.36. The van der Waals surface area contributed by atoms with Crippen molar-refractivity contribution in [3.63, 3.8) is 0 Å². The molecule has 1 aromatic carbocycles. The van der Waals surface area contributed by atoms with E-state index in [0.717, 1.165) is 12.1 Å². The number of nitrogens with two attached hydrogens (primary N) is 1. The fraction of sp³-hybridized carbons (Fsp3) is 0.417. The molecule has 7 heteroatoms. The minimum atomic E-state index is -0.926. The fourth-order valence-corrected chi connectivity index (χ4v) is 1.49. The maximum absolute atomic E-state index is 13.4. The van der Waals surface area contributed by atoms with Crippen LogP contribution in [0.5, 0.6) is 0 Å². The number of halogens is 2. The van der Waals surface area contributed by atoms with E-state index in [1.807, 2.05) is 12.3 Å². The van der Waals surface area contributed by atoms with Crippen molar-refractivity contribution in [2.45, 2.75) is 19.9 Å². The Kier molecular flexibility index (Phi) is 5.65. The van der Waals surface area contributed by atoms with Crippen LogP contribution in [0.2, 0.25) is 0 Å². The Hall–Kier alpha value is -1.73. The zero-order valence-corrected chi connectivity index (χ0v) is 10.8. The van der Waals surface area contributed by atoms with Crippen LogP contribution in [-0.4, -0.2) is 25.2 Å². The molecule has 1 unspecified atom stereocenters. The molecule has 19 heavy (non-hydrogen) atoms. The van der Waals surface area contributed by atoms with E-state index in [0.29, 0.717) is 13.2 Å². The topological polar surface area (TPSA) is 76.4 Å². The van der Waals surface area contributed by atoms with Gasteiger partial charge in [0.1, 0.15) is 5.69 Å². The molecule has 0 saturated heterocycles. The van der Waals surface area contributed by atoms with Gasteiger partial charge in [-0.1, -0.05) is 0 Å². The smallest absolute Gasteiger partial charge is 0.251 e. The molecular formula is C12H17F2N3O2. The molecule has 0 aliphatic rings. The zero-order chi connectivity index (χ0) is 14.4. The van der Waals surface area contributed by atoms with Gasteiger partial charge < -0.3 is 15.5 Å². The first-order valence-corrected chi connectivity index (χ1v) is 5.83. The van der Waals surface area contributed by atoms with E-state index >= 15 is 0 Å². The number of hydrazine groups is 1. The molecule has 0 radical (unpaired) electrons. The van der Waals surface area contributed by atoms with E-state index < -0.39 is 23.2 Å². The molecule has 0 aliphatic carbocycles. The molecule has 4 N–H and O–H groups in total. The number of carbonyl (C=O) groups is 1. The second-order valence-electron chi connectivity index (χ2n) is 3.99. The quantitative estimate of drug-likeness (QED) is 0.541. The maximum Gasteiger partial charge on any atom is 0.251 e. The van der Waals surface area contributed by atoms with Crippen LogP contribution in [0, 0.1) is 11.6 Å². The van der Waals surface area contributed by atoms with Crippen LogP contribution in [0.4, 0.5) is 14.5 Å². The van der Waals surface area contributed by atoms with Crippen LogP contribution in [0.1, 0.15) is 24.2 Å². The zero-order valence-electron chi connectivity index (χ0n) is 10.8. The highest BCUT2D eigenvalue weighted by molar-refractivity contribution is 5.94. The number of ether oxygens (including phenoxy) is 1. The maximum atomic E-state index is 13.4. The molecule has 1 atom stereocenters. The molecule has 0 aliphatic heterocycles. The third kappa shape index (κ3) is 4.15. The highest BCUT2D eigenvalue weighted by Gasteiger charge is 2.16. The summed E-state index contributed by atoms with van der Waals surface area (Å²) >= 11 is 0. The Morgan fingerprint density at radius 1 is 1.42 bits per heavy atom. The van der Waals surface area contributed by atoms with Crippen molar-refractivity contribution >= 4 is 11.6 Å². The van der Waals surface area contributed by atoms with Crippen molar-refractivity contribution in [2.24, 2.45) is 5.84 Å². The van der Waals surface area contributed by atoms with Crippen molar-refractivity contribution in [3.05, 3.63) is 29.3 Å². The average Bonchev–Trinajstić information content (AvgIpc) is 2.35. The van der Waals surface area contributed by atoms with Crippen molar-refractivity contribution in [1.29, 1.82) is 0 Å². The van der Waals surface area contributed by atoms with Crippen LogP contribution in [0.3, 0.4) is 0 Å². The van der Waals surface area contributed by atoms with Crippen LogP contribution in [0.15, 0.2) is 12.1 Å². The summed E-state index contributed by atoms with van der Waals surface area (Å²) in [6, 6.07) is 1.58. The van der Waals surface area contributed by atoms with E-state index in [2.05, 4.69) is 5.32 Å². The summed E-state index contributed by atoms with van der Waals surface area (Å²) < 4.78 is 32.0. The Labute approximate surface area is 110 Å². The molecular weight excluding hydrogens is 256 g/mol. The number of anilines is 1. The molecule has 0 spiro atoms. The van der Waals surface area contributed by atoms with Crippen LogP contribution >= 0.6 is 0 Å². The summed E-state index contributed by atoms with van der Waals surface area (Å²) in [6.07, 6.45) is 0. The summed E-state index contributed by atoms with van der Waals surface area (Å²) in [5.74, 6) is 2.54. The lowest BCUT2D eigenvalue weighted by molar-refractivity contribution is 0.0871. The van der Waals surface area contributed by atoms with Gasteiger partial charge in [0.25, 0.3) is 5.91 Å². The molecule has 1 rings (SSSR count). The Morgan fingerprint density at radius 3 is 2.47 bits per heavy atom. The molecule has 0 heterocycles. The average molecular weight is 273 g/mol. The van der Waals surface area contributed by atoms with Gasteiger partial charge in [-0.15, -0.1) is 0 Å². The number of rotatable bonds is 6. The van der Waals surface area contributed by atoms with Gasteiger partial charge >= 0.3 is 0 Å². The first kappa shape index (κ1) is 15.3. The molecule has 0 saturated carbocycles. The second kappa shape index (κ2) is 7.01. The third-order valence-electron chi connectivity index (χ3n) is 2.40. The highest BCUT2D eigenvalue weighted by atomic mass is 19.1. The van der Waals surface area contributed by atoms with E-state index in [4.69, 9.17) is 10.6 Å². The normalized spacial score (nSPS) is 12.1. The van der Waals surface area contributed by atoms with Gasteiger partial charge in [0.2, 0.25) is 0 Å². The Balaban J connectivity index is 2.78. The molecule has 0 aromatic heterocycles. The van der Waals surface area contributed by atoms with Gasteiger partial charge in [0.05, 0.1) is 6.61 Å². The lowest BCUT2D eigenvalue weighted by Gasteiger charge is -2.14. The van der Waals surface area contributed by atoms with Crippen molar-refractivity contribution < 1.29 is 18.3 Å². The summed E-state index contributed by atoms with van der Waals surface area (Å²) in [4.78, 5) is 11.8. The summed E-state index contributed by atoms with van der Waals surface area (Å²) in [5.41, 5.74) is 1.31. The molecule has 106 valence electrons. The number of amides is 1. The molecule has 1 amide bonds. The number of nitrogen functional groups attached to an aromatic ring is 1. The van der Waals surface area contributed by atoms with Gasteiger partial charge in [0.15, 0.2) is 11.6 Å². The van der Waals surface area contributed by atoms with Gasteiger partial charge in [-0.3, -0.25) is 10.6 Å². The second-order valence-corrected chi connectivity index (χ2v) is 3.99. The number of hydrogen-bond acceptors (Lipinski definition) is 4. The van der Waals surface area contributed by atoms with Crippen LogP contribution in [-0.2, 0) is 4.74 Å². The molecule has 0 fully saturated rings. The standard InChI is InChI=1S/C12H17F2N3O2/c1-3-19-6-7(2)16-12(18)8-4-9(13)11(17-15)10(14)5-8/h4-5,7,17H,3,6,15H2,1-2H3,(H,16,18). The predicted molar refractivity (Wildman–Crippen MR) is 67.6 cm³/mol. The first-order chi connectivity index (χ1) is 8.99. The van der Waals surface area contributed by atoms with Gasteiger partial charge in [0, 0.05) is 18.2 Å². The van der Waals surface area contributed by atoms with Gasteiger partial charge in [-0.25, -0.2) is 8.78 Å². The Bertz CT molecular complexity index is 432. The Morgan fingerprint density at radius 2 is 2.00 bits per heavy atom. The predicted octanol–water partition coefficient (Wildman–Crippen LogP) is 1.41. The molecule has 5 nitrogen and oxygen atoms in total. The number of nitrogens with one attached hydrogen (secondary N) is 2. The van der Waals surface area contributed by atoms with Crippen molar-refractivity contribution in [3.8, 4) is 0 Å². The number of hydrogen-bond donors (Lipinski definition) is 3. The lowest BCUT2D eigenvalue weighted by atomic mass is 10.1. The summed E-state index contributed by atoms with van der Waals surface area (Å²) in [7, 11) is 0. The fourth-order valence-electron chi connectivity index (χ4n) is 1.49. The van der Waals surface area contributed by atoms with Gasteiger partial charge in [-0.05, 0) is 26.0 Å². The molecule has 1 aromatic rings. The van der Waals surface area contributed by atoms with E-state index in [1.165, 1.54) is 0 Å². The van der Waals surface area contributed by atoms with Crippen molar-refractivity contribution in [2.75, 3.05) is 18.6 Å². The SMILES string of the molecule is CCOCC(C)NC(=O)c1cc(F)c(NN)c(F)c1.